The molecule has 21 heavy (non-hydrogen) atoms. The van der Waals surface area contributed by atoms with Crippen LogP contribution >= 0.6 is 0 Å². The van der Waals surface area contributed by atoms with E-state index in [0.717, 1.165) is 17.7 Å². The number of nitrogens with zero attached hydrogens (tertiary/aromatic N) is 1. The molecule has 1 atom stereocenters. The number of nitrogens with one attached hydrogen (secondary N) is 1. The Morgan fingerprint density at radius 3 is 2.48 bits per heavy atom. The van der Waals surface area contributed by atoms with Crippen LogP contribution in [-0.4, -0.2) is 36.2 Å². The molecule has 1 aliphatic carbocycles. The van der Waals surface area contributed by atoms with Crippen LogP contribution in [-0.2, 0) is 0 Å². The minimum atomic E-state index is 0.171. The molecule has 0 bridgehead atoms. The van der Waals surface area contributed by atoms with E-state index in [-0.39, 0.29) is 11.6 Å². The van der Waals surface area contributed by atoms with Crippen LogP contribution in [0.1, 0.15) is 56.2 Å². The normalized spacial score (nSPS) is 19.7. The Bertz CT molecular complexity index is 464. The summed E-state index contributed by atoms with van der Waals surface area (Å²) in [6, 6.07) is 6.11. The summed E-state index contributed by atoms with van der Waals surface area (Å²) in [6.45, 7) is 5.12. The Morgan fingerprint density at radius 1 is 1.24 bits per heavy atom. The van der Waals surface area contributed by atoms with Gasteiger partial charge >= 0.3 is 0 Å². The minimum absolute atomic E-state index is 0.171. The van der Waals surface area contributed by atoms with E-state index in [1.807, 2.05) is 19.1 Å². The molecule has 1 unspecified atom stereocenters. The van der Waals surface area contributed by atoms with Gasteiger partial charge in [-0.3, -0.25) is 0 Å². The van der Waals surface area contributed by atoms with Gasteiger partial charge in [0.1, 0.15) is 5.75 Å². The quantitative estimate of drug-likeness (QED) is 0.869. The van der Waals surface area contributed by atoms with E-state index in [4.69, 9.17) is 0 Å². The third-order valence-corrected chi connectivity index (χ3v) is 5.12. The van der Waals surface area contributed by atoms with Crippen molar-refractivity contribution in [1.82, 2.24) is 10.2 Å². The number of rotatable bonds is 5. The fraction of sp³-hybridized carbons (Fsp3) is 0.667. The van der Waals surface area contributed by atoms with Crippen molar-refractivity contribution >= 4 is 0 Å². The Morgan fingerprint density at radius 2 is 1.90 bits per heavy atom. The maximum Gasteiger partial charge on any atom is 0.120 e. The molecular weight excluding hydrogens is 260 g/mol. The largest absolute Gasteiger partial charge is 0.508 e. The third kappa shape index (κ3) is 3.78. The van der Waals surface area contributed by atoms with Crippen LogP contribution in [0.2, 0.25) is 0 Å². The Kier molecular flexibility index (Phi) is 5.28. The number of hydrogen-bond acceptors (Lipinski definition) is 3. The first-order valence-electron chi connectivity index (χ1n) is 8.15. The highest BCUT2D eigenvalue weighted by Gasteiger charge is 2.34. The highest BCUT2D eigenvalue weighted by Crippen LogP contribution is 2.33. The van der Waals surface area contributed by atoms with Crippen molar-refractivity contribution in [1.29, 1.82) is 0 Å². The lowest BCUT2D eigenvalue weighted by Gasteiger charge is -2.44. The summed E-state index contributed by atoms with van der Waals surface area (Å²) in [5, 5.41) is 13.8. The molecule has 1 aromatic carbocycles. The van der Waals surface area contributed by atoms with Gasteiger partial charge in [0.15, 0.2) is 0 Å². The van der Waals surface area contributed by atoms with Crippen LogP contribution in [0.4, 0.5) is 0 Å². The van der Waals surface area contributed by atoms with Crippen LogP contribution in [0.3, 0.4) is 0 Å². The number of aryl methyl sites for hydroxylation is 1. The van der Waals surface area contributed by atoms with Crippen molar-refractivity contribution in [2.45, 2.75) is 57.5 Å². The predicted molar refractivity (Wildman–Crippen MR) is 88.8 cm³/mol. The molecule has 0 saturated heterocycles. The van der Waals surface area contributed by atoms with Crippen molar-refractivity contribution in [3.63, 3.8) is 0 Å². The molecule has 1 aromatic rings. The van der Waals surface area contributed by atoms with Crippen molar-refractivity contribution in [3.05, 3.63) is 29.3 Å². The van der Waals surface area contributed by atoms with Crippen LogP contribution in [0.15, 0.2) is 18.2 Å². The van der Waals surface area contributed by atoms with Gasteiger partial charge in [0.25, 0.3) is 0 Å². The maximum atomic E-state index is 10.1. The average Bonchev–Trinajstić information content (AvgIpc) is 2.45. The number of hydrogen-bond donors (Lipinski definition) is 2. The minimum Gasteiger partial charge on any atom is -0.508 e. The highest BCUT2D eigenvalue weighted by atomic mass is 16.3. The zero-order valence-corrected chi connectivity index (χ0v) is 13.9. The summed E-state index contributed by atoms with van der Waals surface area (Å²) in [6.07, 6.45) is 6.54. The molecule has 2 rings (SSSR count). The molecule has 3 nitrogen and oxygen atoms in total. The lowest BCUT2D eigenvalue weighted by atomic mass is 9.80. The van der Waals surface area contributed by atoms with Gasteiger partial charge in [-0.25, -0.2) is 0 Å². The van der Waals surface area contributed by atoms with Gasteiger partial charge in [-0.2, -0.15) is 0 Å². The second-order valence-electron chi connectivity index (χ2n) is 6.84. The lowest BCUT2D eigenvalue weighted by Crippen LogP contribution is -2.53. The van der Waals surface area contributed by atoms with Gasteiger partial charge in [-0.15, -0.1) is 0 Å². The standard InChI is InChI=1S/C18H30N2O/c1-14-8-9-16(17(21)12-14)15(2)19-13-18(20(3)4)10-6-5-7-11-18/h8-9,12,15,19,21H,5-7,10-11,13H2,1-4H3. The van der Waals surface area contributed by atoms with Crippen LogP contribution in [0.5, 0.6) is 5.75 Å². The second kappa shape index (κ2) is 6.80. The Hall–Kier alpha value is -1.06. The van der Waals surface area contributed by atoms with Crippen LogP contribution < -0.4 is 5.32 Å². The number of phenols is 1. The number of aromatic hydroxyl groups is 1. The van der Waals surface area contributed by atoms with Crippen molar-refractivity contribution in [2.75, 3.05) is 20.6 Å². The molecule has 0 aliphatic heterocycles. The van der Waals surface area contributed by atoms with E-state index in [0.29, 0.717) is 5.75 Å². The summed E-state index contributed by atoms with van der Waals surface area (Å²) in [5.41, 5.74) is 2.36. The van der Waals surface area contributed by atoms with E-state index in [1.54, 1.807) is 0 Å². The molecule has 1 fully saturated rings. The zero-order valence-electron chi connectivity index (χ0n) is 13.9. The summed E-state index contributed by atoms with van der Waals surface area (Å²) in [5.74, 6) is 0.401. The van der Waals surface area contributed by atoms with Crippen LogP contribution in [0.25, 0.3) is 0 Å². The van der Waals surface area contributed by atoms with E-state index in [1.165, 1.54) is 32.1 Å². The Balaban J connectivity index is 2.03. The molecule has 0 radical (unpaired) electrons. The molecule has 1 saturated carbocycles. The first kappa shape index (κ1) is 16.3. The monoisotopic (exact) mass is 290 g/mol. The molecule has 0 heterocycles. The van der Waals surface area contributed by atoms with E-state index < -0.39 is 0 Å². The number of benzene rings is 1. The van der Waals surface area contributed by atoms with Gasteiger partial charge in [-0.1, -0.05) is 31.4 Å². The van der Waals surface area contributed by atoms with Crippen molar-refractivity contribution in [3.8, 4) is 5.75 Å². The maximum absolute atomic E-state index is 10.1. The number of phenolic OH excluding ortho intramolecular Hbond substituents is 1. The Labute approximate surface area is 129 Å². The fourth-order valence-corrected chi connectivity index (χ4v) is 3.46. The first-order valence-corrected chi connectivity index (χ1v) is 8.15. The SMILES string of the molecule is Cc1ccc(C(C)NCC2(N(C)C)CCCCC2)c(O)c1. The van der Waals surface area contributed by atoms with Crippen molar-refractivity contribution in [2.24, 2.45) is 0 Å². The second-order valence-corrected chi connectivity index (χ2v) is 6.84. The van der Waals surface area contributed by atoms with Gasteiger partial charge < -0.3 is 15.3 Å². The third-order valence-electron chi connectivity index (χ3n) is 5.12. The fourth-order valence-electron chi connectivity index (χ4n) is 3.46. The number of likely N-dealkylation sites (N-methyl/N-ethyl adjacent to an activating group) is 1. The van der Waals surface area contributed by atoms with Gasteiger partial charge in [0, 0.05) is 23.7 Å². The summed E-state index contributed by atoms with van der Waals surface area (Å²) >= 11 is 0. The molecule has 118 valence electrons. The van der Waals surface area contributed by atoms with Gasteiger partial charge in [0.2, 0.25) is 0 Å². The lowest BCUT2D eigenvalue weighted by molar-refractivity contribution is 0.0957. The van der Waals surface area contributed by atoms with E-state index in [9.17, 15) is 5.11 Å². The first-order chi connectivity index (χ1) is 9.94. The molecule has 0 spiro atoms. The molecular formula is C18H30N2O. The summed E-state index contributed by atoms with van der Waals surface area (Å²) in [4.78, 5) is 2.39. The van der Waals surface area contributed by atoms with Crippen molar-refractivity contribution < 1.29 is 5.11 Å². The molecule has 0 amide bonds. The topological polar surface area (TPSA) is 35.5 Å². The van der Waals surface area contributed by atoms with Crippen LogP contribution in [0, 0.1) is 6.92 Å². The zero-order chi connectivity index (χ0) is 15.5. The highest BCUT2D eigenvalue weighted by molar-refractivity contribution is 5.37. The van der Waals surface area contributed by atoms with Gasteiger partial charge in [-0.05, 0) is 52.4 Å². The molecule has 2 N–H and O–H groups in total. The molecule has 0 aromatic heterocycles. The van der Waals surface area contributed by atoms with E-state index >= 15 is 0 Å². The van der Waals surface area contributed by atoms with E-state index in [2.05, 4.69) is 37.3 Å². The smallest absolute Gasteiger partial charge is 0.120 e. The molecule has 1 aliphatic rings. The summed E-state index contributed by atoms with van der Waals surface area (Å²) < 4.78 is 0. The summed E-state index contributed by atoms with van der Waals surface area (Å²) in [7, 11) is 4.39. The average molecular weight is 290 g/mol. The van der Waals surface area contributed by atoms with Gasteiger partial charge in [0.05, 0.1) is 0 Å². The predicted octanol–water partition coefficient (Wildman–Crippen LogP) is 3.62. The molecule has 3 heteroatoms.